The fourth-order valence-electron chi connectivity index (χ4n) is 2.15. The highest BCUT2D eigenvalue weighted by atomic mass is 35.5. The Hall–Kier alpha value is -1.90. The minimum absolute atomic E-state index is 0.169. The summed E-state index contributed by atoms with van der Waals surface area (Å²) in [5.74, 6) is 5.92. The largest absolute Gasteiger partial charge is 0.411 e. The molecule has 7 heteroatoms. The van der Waals surface area contributed by atoms with Crippen molar-refractivity contribution in [2.45, 2.75) is 25.8 Å². The molecule has 1 unspecified atom stereocenters. The van der Waals surface area contributed by atoms with Crippen LogP contribution in [0.3, 0.4) is 0 Å². The second kappa shape index (κ2) is 8.09. The van der Waals surface area contributed by atoms with Crippen LogP contribution >= 0.6 is 23.2 Å². The molecule has 1 fully saturated rings. The number of urea groups is 1. The van der Waals surface area contributed by atoms with Crippen molar-refractivity contribution >= 4 is 34.9 Å². The van der Waals surface area contributed by atoms with E-state index in [4.69, 9.17) is 28.4 Å². The molecule has 122 valence electrons. The SMILES string of the molecule is CC(C#Cc1ccc(Cl)c(Cl)c1)NC(=O)N1CCC(=NO)CC1. The summed E-state index contributed by atoms with van der Waals surface area (Å²) in [4.78, 5) is 13.8. The molecule has 1 aliphatic heterocycles. The van der Waals surface area contributed by atoms with Gasteiger partial charge < -0.3 is 15.4 Å². The van der Waals surface area contributed by atoms with Crippen molar-refractivity contribution in [3.63, 3.8) is 0 Å². The van der Waals surface area contributed by atoms with Gasteiger partial charge in [-0.2, -0.15) is 0 Å². The summed E-state index contributed by atoms with van der Waals surface area (Å²) in [5.41, 5.74) is 1.46. The zero-order chi connectivity index (χ0) is 16.8. The first-order valence-corrected chi connectivity index (χ1v) is 7.97. The molecule has 1 aliphatic rings. The first kappa shape index (κ1) is 17.5. The van der Waals surface area contributed by atoms with Gasteiger partial charge in [0.2, 0.25) is 0 Å². The van der Waals surface area contributed by atoms with Gasteiger partial charge in [-0.3, -0.25) is 0 Å². The maximum atomic E-state index is 12.1. The van der Waals surface area contributed by atoms with E-state index in [0.717, 1.165) is 11.3 Å². The average molecular weight is 354 g/mol. The number of halogens is 2. The molecular formula is C16H17Cl2N3O2. The zero-order valence-corrected chi connectivity index (χ0v) is 14.2. The van der Waals surface area contributed by atoms with E-state index in [2.05, 4.69) is 22.3 Å². The lowest BCUT2D eigenvalue weighted by molar-refractivity contribution is 0.195. The number of hydrogen-bond donors (Lipinski definition) is 2. The van der Waals surface area contributed by atoms with Crippen molar-refractivity contribution in [3.8, 4) is 11.8 Å². The summed E-state index contributed by atoms with van der Waals surface area (Å²) in [6.07, 6.45) is 1.18. The lowest BCUT2D eigenvalue weighted by atomic mass is 10.1. The van der Waals surface area contributed by atoms with Crippen molar-refractivity contribution < 1.29 is 10.0 Å². The van der Waals surface area contributed by atoms with Crippen LogP contribution in [-0.4, -0.2) is 41.0 Å². The van der Waals surface area contributed by atoms with E-state index >= 15 is 0 Å². The molecule has 2 amide bonds. The molecule has 0 aliphatic carbocycles. The van der Waals surface area contributed by atoms with Gasteiger partial charge in [0.1, 0.15) is 0 Å². The van der Waals surface area contributed by atoms with Gasteiger partial charge in [-0.15, -0.1) is 0 Å². The van der Waals surface area contributed by atoms with Crippen molar-refractivity contribution in [3.05, 3.63) is 33.8 Å². The number of nitrogens with one attached hydrogen (secondary N) is 1. The van der Waals surface area contributed by atoms with E-state index in [1.165, 1.54) is 0 Å². The Labute approximate surface area is 145 Å². The molecule has 0 radical (unpaired) electrons. The smallest absolute Gasteiger partial charge is 0.318 e. The minimum atomic E-state index is -0.301. The molecular weight excluding hydrogens is 337 g/mol. The van der Waals surface area contributed by atoms with Crippen LogP contribution in [0.5, 0.6) is 0 Å². The van der Waals surface area contributed by atoms with E-state index in [1.54, 1.807) is 23.1 Å². The number of piperidine rings is 1. The van der Waals surface area contributed by atoms with Crippen LogP contribution in [-0.2, 0) is 0 Å². The Morgan fingerprint density at radius 3 is 2.65 bits per heavy atom. The summed E-state index contributed by atoms with van der Waals surface area (Å²) in [7, 11) is 0. The Bertz CT molecular complexity index is 670. The summed E-state index contributed by atoms with van der Waals surface area (Å²) >= 11 is 11.8. The normalized spacial score (nSPS) is 15.4. The van der Waals surface area contributed by atoms with E-state index in [9.17, 15) is 4.79 Å². The van der Waals surface area contributed by atoms with Gasteiger partial charge in [0.05, 0.1) is 21.8 Å². The predicted molar refractivity (Wildman–Crippen MR) is 91.4 cm³/mol. The van der Waals surface area contributed by atoms with Gasteiger partial charge in [0.25, 0.3) is 0 Å². The summed E-state index contributed by atoms with van der Waals surface area (Å²) in [6.45, 7) is 2.89. The number of likely N-dealkylation sites (tertiary alicyclic amines) is 1. The third-order valence-electron chi connectivity index (χ3n) is 3.46. The third kappa shape index (κ3) is 5.05. The Morgan fingerprint density at radius 2 is 2.04 bits per heavy atom. The van der Waals surface area contributed by atoms with Crippen LogP contribution in [0.2, 0.25) is 10.0 Å². The van der Waals surface area contributed by atoms with E-state index in [0.29, 0.717) is 36.0 Å². The Morgan fingerprint density at radius 1 is 1.35 bits per heavy atom. The highest BCUT2D eigenvalue weighted by Gasteiger charge is 2.20. The Balaban J connectivity index is 1.89. The van der Waals surface area contributed by atoms with Crippen LogP contribution < -0.4 is 5.32 Å². The van der Waals surface area contributed by atoms with Crippen molar-refractivity contribution in [1.82, 2.24) is 10.2 Å². The van der Waals surface area contributed by atoms with Crippen LogP contribution in [0, 0.1) is 11.8 Å². The topological polar surface area (TPSA) is 64.9 Å². The highest BCUT2D eigenvalue weighted by Crippen LogP contribution is 2.22. The first-order valence-electron chi connectivity index (χ1n) is 7.21. The maximum Gasteiger partial charge on any atom is 0.318 e. The quantitative estimate of drug-likeness (QED) is 0.461. The maximum absolute atomic E-state index is 12.1. The number of amides is 2. The Kier molecular flexibility index (Phi) is 6.14. The molecule has 0 aromatic heterocycles. The summed E-state index contributed by atoms with van der Waals surface area (Å²) in [6, 6.07) is 4.68. The number of carbonyl (C=O) groups excluding carboxylic acids is 1. The van der Waals surface area contributed by atoms with Gasteiger partial charge in [-0.05, 0) is 25.1 Å². The molecule has 23 heavy (non-hydrogen) atoms. The van der Waals surface area contributed by atoms with E-state index in [-0.39, 0.29) is 12.1 Å². The number of hydrogen-bond acceptors (Lipinski definition) is 3. The number of benzene rings is 1. The first-order chi connectivity index (χ1) is 11.0. The van der Waals surface area contributed by atoms with Gasteiger partial charge in [-0.25, -0.2) is 4.79 Å². The fourth-order valence-corrected chi connectivity index (χ4v) is 2.44. The molecule has 2 N–H and O–H groups in total. The van der Waals surface area contributed by atoms with Gasteiger partial charge in [-0.1, -0.05) is 40.2 Å². The molecule has 5 nitrogen and oxygen atoms in total. The van der Waals surface area contributed by atoms with Crippen LogP contribution in [0.1, 0.15) is 25.3 Å². The number of rotatable bonds is 1. The lowest BCUT2D eigenvalue weighted by Crippen LogP contribution is -2.47. The second-order valence-electron chi connectivity index (χ2n) is 5.22. The van der Waals surface area contributed by atoms with Crippen molar-refractivity contribution in [1.29, 1.82) is 0 Å². The standard InChI is InChI=1S/C16H17Cl2N3O2/c1-11(2-3-12-4-5-14(17)15(18)10-12)19-16(22)21-8-6-13(20-23)7-9-21/h4-5,10-11,23H,6-9H2,1H3,(H,19,22). The van der Waals surface area contributed by atoms with Gasteiger partial charge in [0.15, 0.2) is 0 Å². The minimum Gasteiger partial charge on any atom is -0.411 e. The molecule has 1 saturated heterocycles. The van der Waals surface area contributed by atoms with E-state index in [1.807, 2.05) is 6.92 Å². The van der Waals surface area contributed by atoms with Gasteiger partial charge in [0, 0.05) is 31.5 Å². The number of carbonyl (C=O) groups is 1. The molecule has 1 heterocycles. The molecule has 0 saturated carbocycles. The highest BCUT2D eigenvalue weighted by molar-refractivity contribution is 6.42. The summed E-state index contributed by atoms with van der Waals surface area (Å²) < 4.78 is 0. The number of nitrogens with zero attached hydrogens (tertiary/aromatic N) is 2. The third-order valence-corrected chi connectivity index (χ3v) is 4.20. The monoisotopic (exact) mass is 353 g/mol. The zero-order valence-electron chi connectivity index (χ0n) is 12.6. The molecule has 1 aromatic rings. The second-order valence-corrected chi connectivity index (χ2v) is 6.04. The lowest BCUT2D eigenvalue weighted by Gasteiger charge is -2.27. The fraction of sp³-hybridized carbons (Fsp3) is 0.375. The molecule has 1 atom stereocenters. The average Bonchev–Trinajstić information content (AvgIpc) is 2.56. The van der Waals surface area contributed by atoms with Gasteiger partial charge >= 0.3 is 6.03 Å². The molecule has 2 rings (SSSR count). The predicted octanol–water partition coefficient (Wildman–Crippen LogP) is 3.37. The van der Waals surface area contributed by atoms with Crippen LogP contribution in [0.15, 0.2) is 23.4 Å². The van der Waals surface area contributed by atoms with Crippen LogP contribution in [0.25, 0.3) is 0 Å². The van der Waals surface area contributed by atoms with Crippen molar-refractivity contribution in [2.75, 3.05) is 13.1 Å². The number of oxime groups is 1. The van der Waals surface area contributed by atoms with Crippen molar-refractivity contribution in [2.24, 2.45) is 5.16 Å². The van der Waals surface area contributed by atoms with Crippen LogP contribution in [0.4, 0.5) is 4.79 Å². The molecule has 0 spiro atoms. The molecule has 1 aromatic carbocycles. The molecule has 0 bridgehead atoms. The van der Waals surface area contributed by atoms with E-state index < -0.39 is 0 Å². The summed E-state index contributed by atoms with van der Waals surface area (Å²) in [5, 5.41) is 15.7.